The third kappa shape index (κ3) is 2.69. The minimum Gasteiger partial charge on any atom is -0.399 e. The summed E-state index contributed by atoms with van der Waals surface area (Å²) in [5, 5.41) is 0. The molecular weight excluding hydrogens is 258 g/mol. The van der Waals surface area contributed by atoms with Gasteiger partial charge >= 0.3 is 0 Å². The molecule has 1 aliphatic carbocycles. The van der Waals surface area contributed by atoms with Crippen molar-refractivity contribution in [1.29, 1.82) is 0 Å². The maximum Gasteiger partial charge on any atom is 0.0314 e. The lowest BCUT2D eigenvalue weighted by molar-refractivity contribution is 0.225. The van der Waals surface area contributed by atoms with Crippen molar-refractivity contribution < 1.29 is 0 Å². The summed E-state index contributed by atoms with van der Waals surface area (Å²) in [4.78, 5) is 5.44. The fraction of sp³-hybridized carbons (Fsp3) is 0.667. The lowest BCUT2D eigenvalue weighted by atomic mass is 9.95. The molecule has 0 bridgehead atoms. The molecule has 0 amide bonds. The molecular formula is C18H27N3. The lowest BCUT2D eigenvalue weighted by Crippen LogP contribution is -2.37. The van der Waals surface area contributed by atoms with Gasteiger partial charge in [-0.1, -0.05) is 12.1 Å². The van der Waals surface area contributed by atoms with E-state index in [4.69, 9.17) is 5.73 Å². The SMILES string of the molecule is Nc1ccc(C2(CN3CCC(N4CCCC4)C3)CC2)cc1. The van der Waals surface area contributed by atoms with Crippen LogP contribution in [0, 0.1) is 0 Å². The Morgan fingerprint density at radius 3 is 2.43 bits per heavy atom. The normalized spacial score (nSPS) is 29.0. The van der Waals surface area contributed by atoms with Crippen molar-refractivity contribution in [2.75, 3.05) is 38.5 Å². The Bertz CT molecular complexity index is 486. The predicted molar refractivity (Wildman–Crippen MR) is 87.4 cm³/mol. The highest BCUT2D eigenvalue weighted by atomic mass is 15.3. The highest BCUT2D eigenvalue weighted by Gasteiger charge is 2.46. The lowest BCUT2D eigenvalue weighted by Gasteiger charge is -2.26. The standard InChI is InChI=1S/C18H27N3/c19-16-5-3-15(4-6-16)18(8-9-18)14-20-12-7-17(13-20)21-10-1-2-11-21/h3-6,17H,1-2,7-14,19H2. The minimum atomic E-state index is 0.438. The monoisotopic (exact) mass is 285 g/mol. The number of nitrogens with zero attached hydrogens (tertiary/aromatic N) is 2. The summed E-state index contributed by atoms with van der Waals surface area (Å²) in [6, 6.07) is 9.45. The van der Waals surface area contributed by atoms with Crippen LogP contribution < -0.4 is 5.73 Å². The van der Waals surface area contributed by atoms with Crippen LogP contribution in [0.1, 0.15) is 37.7 Å². The van der Waals surface area contributed by atoms with E-state index in [9.17, 15) is 0 Å². The zero-order valence-corrected chi connectivity index (χ0v) is 12.9. The average Bonchev–Trinajstić information content (AvgIpc) is 2.93. The first-order chi connectivity index (χ1) is 10.3. The van der Waals surface area contributed by atoms with E-state index in [2.05, 4.69) is 34.1 Å². The van der Waals surface area contributed by atoms with Gasteiger partial charge in [-0.15, -0.1) is 0 Å². The van der Waals surface area contributed by atoms with Gasteiger partial charge in [0.25, 0.3) is 0 Å². The Hall–Kier alpha value is -1.06. The van der Waals surface area contributed by atoms with E-state index in [1.807, 2.05) is 0 Å². The maximum absolute atomic E-state index is 5.83. The molecule has 1 aromatic carbocycles. The number of hydrogen-bond donors (Lipinski definition) is 1. The van der Waals surface area contributed by atoms with Gasteiger partial charge in [0.2, 0.25) is 0 Å². The highest BCUT2D eigenvalue weighted by molar-refractivity contribution is 5.43. The van der Waals surface area contributed by atoms with E-state index < -0.39 is 0 Å². The van der Waals surface area contributed by atoms with E-state index in [0.29, 0.717) is 5.41 Å². The van der Waals surface area contributed by atoms with E-state index in [0.717, 1.165) is 11.7 Å². The first kappa shape index (κ1) is 13.6. The molecule has 3 heteroatoms. The highest BCUT2D eigenvalue weighted by Crippen LogP contribution is 2.49. The van der Waals surface area contributed by atoms with Crippen LogP contribution >= 0.6 is 0 Å². The van der Waals surface area contributed by atoms with Crippen LogP contribution in [0.2, 0.25) is 0 Å². The largest absolute Gasteiger partial charge is 0.399 e. The van der Waals surface area contributed by atoms with Crippen molar-refractivity contribution in [2.45, 2.75) is 43.6 Å². The third-order valence-electron chi connectivity index (χ3n) is 5.81. The van der Waals surface area contributed by atoms with Crippen LogP contribution in [-0.4, -0.2) is 48.6 Å². The van der Waals surface area contributed by atoms with Crippen LogP contribution in [0.5, 0.6) is 0 Å². The molecule has 2 heterocycles. The minimum absolute atomic E-state index is 0.438. The van der Waals surface area contributed by atoms with Gasteiger partial charge in [-0.05, 0) is 69.4 Å². The molecule has 1 unspecified atom stereocenters. The topological polar surface area (TPSA) is 32.5 Å². The van der Waals surface area contributed by atoms with Crippen LogP contribution in [0.15, 0.2) is 24.3 Å². The zero-order valence-electron chi connectivity index (χ0n) is 12.9. The molecule has 4 rings (SSSR count). The van der Waals surface area contributed by atoms with Gasteiger partial charge in [0.15, 0.2) is 0 Å². The third-order valence-corrected chi connectivity index (χ3v) is 5.81. The number of hydrogen-bond acceptors (Lipinski definition) is 3. The first-order valence-corrected chi connectivity index (χ1v) is 8.58. The van der Waals surface area contributed by atoms with Crippen LogP contribution in [-0.2, 0) is 5.41 Å². The molecule has 2 saturated heterocycles. The second-order valence-corrected chi connectivity index (χ2v) is 7.32. The van der Waals surface area contributed by atoms with E-state index >= 15 is 0 Å². The fourth-order valence-corrected chi connectivity index (χ4v) is 4.31. The van der Waals surface area contributed by atoms with Gasteiger partial charge < -0.3 is 10.6 Å². The summed E-state index contributed by atoms with van der Waals surface area (Å²) < 4.78 is 0. The molecule has 1 aromatic rings. The molecule has 0 radical (unpaired) electrons. The maximum atomic E-state index is 5.83. The van der Waals surface area contributed by atoms with Crippen molar-refractivity contribution in [1.82, 2.24) is 9.80 Å². The van der Waals surface area contributed by atoms with Crippen molar-refractivity contribution in [3.05, 3.63) is 29.8 Å². The molecule has 0 spiro atoms. The number of anilines is 1. The van der Waals surface area contributed by atoms with Crippen LogP contribution in [0.3, 0.4) is 0 Å². The molecule has 0 aromatic heterocycles. The second-order valence-electron chi connectivity index (χ2n) is 7.32. The molecule has 114 valence electrons. The summed E-state index contributed by atoms with van der Waals surface area (Å²) in [5.74, 6) is 0. The Morgan fingerprint density at radius 2 is 1.76 bits per heavy atom. The van der Waals surface area contributed by atoms with Gasteiger partial charge in [0, 0.05) is 30.2 Å². The van der Waals surface area contributed by atoms with Crippen LogP contribution in [0.25, 0.3) is 0 Å². The zero-order chi connectivity index (χ0) is 14.3. The van der Waals surface area contributed by atoms with Gasteiger partial charge in [0.05, 0.1) is 0 Å². The molecule has 3 nitrogen and oxygen atoms in total. The van der Waals surface area contributed by atoms with Gasteiger partial charge in [-0.2, -0.15) is 0 Å². The van der Waals surface area contributed by atoms with Crippen molar-refractivity contribution in [3.8, 4) is 0 Å². The van der Waals surface area contributed by atoms with E-state index in [1.54, 1.807) is 0 Å². The Balaban J connectivity index is 1.39. The summed E-state index contributed by atoms with van der Waals surface area (Å²) in [6.45, 7) is 6.50. The van der Waals surface area contributed by atoms with Crippen molar-refractivity contribution in [2.24, 2.45) is 0 Å². The molecule has 21 heavy (non-hydrogen) atoms. The summed E-state index contributed by atoms with van der Waals surface area (Å²) in [7, 11) is 0. The first-order valence-electron chi connectivity index (χ1n) is 8.58. The number of nitrogen functional groups attached to an aromatic ring is 1. The molecule has 3 fully saturated rings. The van der Waals surface area contributed by atoms with E-state index in [-0.39, 0.29) is 0 Å². The number of nitrogens with two attached hydrogens (primary N) is 1. The molecule has 2 N–H and O–H groups in total. The Kier molecular flexibility index (Phi) is 3.43. The second kappa shape index (κ2) is 5.29. The Morgan fingerprint density at radius 1 is 1.05 bits per heavy atom. The van der Waals surface area contributed by atoms with Crippen LogP contribution in [0.4, 0.5) is 5.69 Å². The summed E-state index contributed by atoms with van der Waals surface area (Å²) >= 11 is 0. The smallest absolute Gasteiger partial charge is 0.0314 e. The Labute approximate surface area is 128 Å². The summed E-state index contributed by atoms with van der Waals surface area (Å²) in [5.41, 5.74) is 8.64. The molecule has 2 aliphatic heterocycles. The number of rotatable bonds is 4. The number of benzene rings is 1. The van der Waals surface area contributed by atoms with Crippen molar-refractivity contribution in [3.63, 3.8) is 0 Å². The van der Waals surface area contributed by atoms with Gasteiger partial charge in [0.1, 0.15) is 0 Å². The van der Waals surface area contributed by atoms with Gasteiger partial charge in [-0.25, -0.2) is 0 Å². The number of likely N-dealkylation sites (tertiary alicyclic amines) is 2. The molecule has 1 saturated carbocycles. The molecule has 3 aliphatic rings. The quantitative estimate of drug-likeness (QED) is 0.863. The fourth-order valence-electron chi connectivity index (χ4n) is 4.31. The predicted octanol–water partition coefficient (Wildman–Crippen LogP) is 2.47. The van der Waals surface area contributed by atoms with Crippen molar-refractivity contribution >= 4 is 5.69 Å². The van der Waals surface area contributed by atoms with Gasteiger partial charge in [-0.3, -0.25) is 4.90 Å². The molecule has 1 atom stereocenters. The van der Waals surface area contributed by atoms with E-state index in [1.165, 1.54) is 70.4 Å². The average molecular weight is 285 g/mol. The summed E-state index contributed by atoms with van der Waals surface area (Å²) in [6.07, 6.45) is 6.89.